The maximum atomic E-state index is 12.5. The first-order valence-corrected chi connectivity index (χ1v) is 13.7. The summed E-state index contributed by atoms with van der Waals surface area (Å²) >= 11 is 1.47. The van der Waals surface area contributed by atoms with E-state index in [9.17, 15) is 4.79 Å². The number of rotatable bonds is 11. The second-order valence-corrected chi connectivity index (χ2v) is 10.5. The minimum atomic E-state index is 0.0284. The van der Waals surface area contributed by atoms with Gasteiger partial charge < -0.3 is 9.88 Å². The van der Waals surface area contributed by atoms with Crippen LogP contribution < -0.4 is 5.32 Å². The summed E-state index contributed by atoms with van der Waals surface area (Å²) in [6.45, 7) is 8.79. The van der Waals surface area contributed by atoms with E-state index in [1.807, 2.05) is 6.07 Å². The number of hydrogen-bond donors (Lipinski definition) is 1. The van der Waals surface area contributed by atoms with Crippen LogP contribution >= 0.6 is 11.8 Å². The van der Waals surface area contributed by atoms with E-state index in [1.54, 1.807) is 0 Å². The number of thioether (sulfide) groups is 1. The third-order valence-electron chi connectivity index (χ3n) is 6.51. The summed E-state index contributed by atoms with van der Waals surface area (Å²) in [6, 6.07) is 19.1. The Hall–Kier alpha value is -2.64. The van der Waals surface area contributed by atoms with Gasteiger partial charge in [0.05, 0.1) is 18.8 Å². The monoisotopic (exact) mass is 491 g/mol. The molecule has 0 aliphatic carbocycles. The molecule has 1 amide bonds. The molecule has 2 aromatic carbocycles. The molecular weight excluding hydrogens is 454 g/mol. The molecule has 0 bridgehead atoms. The van der Waals surface area contributed by atoms with Gasteiger partial charge in [-0.15, -0.1) is 10.2 Å². The average molecular weight is 492 g/mol. The Balaban J connectivity index is 1.32. The molecule has 4 rings (SSSR count). The van der Waals surface area contributed by atoms with Crippen molar-refractivity contribution in [2.75, 3.05) is 25.4 Å². The van der Waals surface area contributed by atoms with Crippen molar-refractivity contribution in [3.63, 3.8) is 0 Å². The minimum absolute atomic E-state index is 0.0284. The summed E-state index contributed by atoms with van der Waals surface area (Å²) < 4.78 is 2.18. The van der Waals surface area contributed by atoms with E-state index in [0.29, 0.717) is 24.8 Å². The van der Waals surface area contributed by atoms with Gasteiger partial charge in [0.15, 0.2) is 5.16 Å². The van der Waals surface area contributed by atoms with Crippen LogP contribution in [0.2, 0.25) is 0 Å². The van der Waals surface area contributed by atoms with Crippen molar-refractivity contribution in [3.8, 4) is 0 Å². The van der Waals surface area contributed by atoms with E-state index in [2.05, 4.69) is 87.4 Å². The molecule has 1 aliphatic heterocycles. The fourth-order valence-corrected chi connectivity index (χ4v) is 5.17. The van der Waals surface area contributed by atoms with Gasteiger partial charge in [0.25, 0.3) is 0 Å². The Morgan fingerprint density at radius 2 is 1.69 bits per heavy atom. The van der Waals surface area contributed by atoms with E-state index < -0.39 is 0 Å². The number of piperidine rings is 1. The first-order valence-electron chi connectivity index (χ1n) is 12.7. The Labute approximate surface area is 213 Å². The lowest BCUT2D eigenvalue weighted by Crippen LogP contribution is -2.30. The van der Waals surface area contributed by atoms with Gasteiger partial charge in [-0.3, -0.25) is 9.69 Å². The maximum absolute atomic E-state index is 12.5. The number of carbonyl (C=O) groups is 1. The smallest absolute Gasteiger partial charge is 0.230 e. The fraction of sp³-hybridized carbons (Fsp3) is 0.464. The van der Waals surface area contributed by atoms with E-state index in [4.69, 9.17) is 0 Å². The van der Waals surface area contributed by atoms with Crippen LogP contribution in [0.25, 0.3) is 0 Å². The number of benzene rings is 2. The quantitative estimate of drug-likeness (QED) is 0.387. The number of amides is 1. The summed E-state index contributed by atoms with van der Waals surface area (Å²) in [6.07, 6.45) is 4.64. The molecule has 1 fully saturated rings. The molecule has 35 heavy (non-hydrogen) atoms. The van der Waals surface area contributed by atoms with Crippen molar-refractivity contribution in [2.45, 2.75) is 63.7 Å². The SMILES string of the molecule is CC(C)c1ccc(CCNC(=O)CSc2nnc(CN3CCCCC3)n2Cc2ccccc2)cc1. The van der Waals surface area contributed by atoms with Crippen LogP contribution in [0.3, 0.4) is 0 Å². The molecular formula is C28H37N5OS. The Kier molecular flexibility index (Phi) is 9.37. The van der Waals surface area contributed by atoms with Crippen molar-refractivity contribution in [1.29, 1.82) is 0 Å². The van der Waals surface area contributed by atoms with E-state index in [1.165, 1.54) is 47.7 Å². The van der Waals surface area contributed by atoms with E-state index in [0.717, 1.165) is 37.0 Å². The number of nitrogens with zero attached hydrogens (tertiary/aromatic N) is 4. The van der Waals surface area contributed by atoms with Crippen molar-refractivity contribution in [3.05, 3.63) is 77.1 Å². The highest BCUT2D eigenvalue weighted by molar-refractivity contribution is 7.99. The fourth-order valence-electron chi connectivity index (χ4n) is 4.38. The number of aromatic nitrogens is 3. The third kappa shape index (κ3) is 7.67. The lowest BCUT2D eigenvalue weighted by molar-refractivity contribution is -0.118. The van der Waals surface area contributed by atoms with Gasteiger partial charge in [-0.05, 0) is 55.0 Å². The van der Waals surface area contributed by atoms with Gasteiger partial charge >= 0.3 is 0 Å². The molecule has 2 heterocycles. The summed E-state index contributed by atoms with van der Waals surface area (Å²) in [4.78, 5) is 15.0. The van der Waals surface area contributed by atoms with Crippen LogP contribution in [0.1, 0.15) is 61.5 Å². The van der Waals surface area contributed by atoms with Crippen LogP contribution in [0, 0.1) is 0 Å². The molecule has 1 aromatic heterocycles. The Bertz CT molecular complexity index is 1060. The van der Waals surface area contributed by atoms with Gasteiger partial charge in [0.1, 0.15) is 5.82 Å². The highest BCUT2D eigenvalue weighted by Gasteiger charge is 2.18. The maximum Gasteiger partial charge on any atom is 0.230 e. The van der Waals surface area contributed by atoms with Crippen molar-refractivity contribution >= 4 is 17.7 Å². The largest absolute Gasteiger partial charge is 0.355 e. The van der Waals surface area contributed by atoms with Gasteiger partial charge in [0, 0.05) is 6.54 Å². The summed E-state index contributed by atoms with van der Waals surface area (Å²) in [7, 11) is 0. The lowest BCUT2D eigenvalue weighted by Gasteiger charge is -2.26. The molecule has 186 valence electrons. The molecule has 1 N–H and O–H groups in total. The molecule has 0 saturated carbocycles. The van der Waals surface area contributed by atoms with Crippen LogP contribution in [0.15, 0.2) is 59.8 Å². The molecule has 1 saturated heterocycles. The van der Waals surface area contributed by atoms with Crippen LogP contribution in [0.4, 0.5) is 0 Å². The van der Waals surface area contributed by atoms with Crippen LogP contribution in [-0.2, 0) is 24.3 Å². The number of nitrogens with one attached hydrogen (secondary N) is 1. The minimum Gasteiger partial charge on any atom is -0.355 e. The van der Waals surface area contributed by atoms with Crippen molar-refractivity contribution in [2.24, 2.45) is 0 Å². The predicted octanol–water partition coefficient (Wildman–Crippen LogP) is 4.89. The lowest BCUT2D eigenvalue weighted by atomic mass is 10.0. The highest BCUT2D eigenvalue weighted by Crippen LogP contribution is 2.21. The van der Waals surface area contributed by atoms with Crippen LogP contribution in [0.5, 0.6) is 0 Å². The number of likely N-dealkylation sites (tertiary alicyclic amines) is 1. The first-order chi connectivity index (χ1) is 17.1. The molecule has 0 radical (unpaired) electrons. The third-order valence-corrected chi connectivity index (χ3v) is 7.47. The normalized spacial score (nSPS) is 14.4. The van der Waals surface area contributed by atoms with E-state index >= 15 is 0 Å². The summed E-state index contributed by atoms with van der Waals surface area (Å²) in [5.41, 5.74) is 3.79. The Morgan fingerprint density at radius 3 is 2.40 bits per heavy atom. The van der Waals surface area contributed by atoms with Gasteiger partial charge in [0.2, 0.25) is 5.91 Å². The van der Waals surface area contributed by atoms with Gasteiger partial charge in [-0.1, -0.05) is 86.6 Å². The average Bonchev–Trinajstić information content (AvgIpc) is 3.25. The molecule has 0 atom stereocenters. The second kappa shape index (κ2) is 12.9. The Morgan fingerprint density at radius 1 is 0.943 bits per heavy atom. The van der Waals surface area contributed by atoms with Crippen molar-refractivity contribution in [1.82, 2.24) is 25.0 Å². The molecule has 7 heteroatoms. The number of carbonyl (C=O) groups excluding carboxylic acids is 1. The van der Waals surface area contributed by atoms with Crippen LogP contribution in [-0.4, -0.2) is 51.0 Å². The molecule has 3 aromatic rings. The zero-order valence-corrected chi connectivity index (χ0v) is 21.8. The summed E-state index contributed by atoms with van der Waals surface area (Å²) in [5.74, 6) is 1.87. The highest BCUT2D eigenvalue weighted by atomic mass is 32.2. The number of hydrogen-bond acceptors (Lipinski definition) is 5. The zero-order valence-electron chi connectivity index (χ0n) is 20.9. The molecule has 0 spiro atoms. The predicted molar refractivity (Wildman–Crippen MR) is 143 cm³/mol. The zero-order chi connectivity index (χ0) is 24.5. The second-order valence-electron chi connectivity index (χ2n) is 9.59. The van der Waals surface area contributed by atoms with Gasteiger partial charge in [-0.25, -0.2) is 0 Å². The van der Waals surface area contributed by atoms with Gasteiger partial charge in [-0.2, -0.15) is 0 Å². The molecule has 6 nitrogen and oxygen atoms in total. The standard InChI is InChI=1S/C28H37N5OS/c1-22(2)25-13-11-23(12-14-25)15-16-29-27(34)21-35-28-31-30-26(20-32-17-7-4-8-18-32)33(28)19-24-9-5-3-6-10-24/h3,5-6,9-14,22H,4,7-8,15-21H2,1-2H3,(H,29,34). The van der Waals surface area contributed by atoms with Crippen molar-refractivity contribution < 1.29 is 4.79 Å². The van der Waals surface area contributed by atoms with E-state index in [-0.39, 0.29) is 5.91 Å². The topological polar surface area (TPSA) is 63.1 Å². The molecule has 0 unspecified atom stereocenters. The summed E-state index contributed by atoms with van der Waals surface area (Å²) in [5, 5.41) is 12.9. The molecule has 1 aliphatic rings. The first kappa shape index (κ1) is 25.5.